The van der Waals surface area contributed by atoms with Crippen LogP contribution in [0.2, 0.25) is 0 Å². The minimum atomic E-state index is -3.54. The number of phenolic OH excluding ortho intramolecular Hbond substituents is 1. The molecule has 0 aromatic heterocycles. The first-order valence-electron chi connectivity index (χ1n) is 10.4. The monoisotopic (exact) mass is 450 g/mol. The maximum Gasteiger partial charge on any atom is 0.243 e. The molecule has 9 heteroatoms. The second kappa shape index (κ2) is 10.8. The lowest BCUT2D eigenvalue weighted by molar-refractivity contribution is 0.0957. The smallest absolute Gasteiger partial charge is 0.243 e. The van der Waals surface area contributed by atoms with Crippen LogP contribution in [-0.2, 0) is 10.0 Å². The number of hydrogen-bond donors (Lipinski definition) is 3. The third-order valence-electron chi connectivity index (χ3n) is 5.00. The molecule has 2 aromatic carbocycles. The lowest BCUT2D eigenvalue weighted by Crippen LogP contribution is -2.60. The maximum absolute atomic E-state index is 12.7. The van der Waals surface area contributed by atoms with Crippen LogP contribution in [0.5, 0.6) is 17.2 Å². The average Bonchev–Trinajstić information content (AvgIpc) is 2.72. The van der Waals surface area contributed by atoms with Crippen LogP contribution in [0.15, 0.2) is 53.4 Å². The summed E-state index contributed by atoms with van der Waals surface area (Å²) < 4.78 is 37.9. The number of phenols is 1. The summed E-state index contributed by atoms with van der Waals surface area (Å²) in [6, 6.07) is 12.7. The molecule has 0 amide bonds. The van der Waals surface area contributed by atoms with E-state index in [1.165, 1.54) is 16.4 Å². The molecule has 2 aromatic rings. The Morgan fingerprint density at radius 1 is 1.06 bits per heavy atom. The SMILES string of the molecule is CCCCOc1ccc(S(=O)(=O)N2CC(NC[C@H](O)COc3ccc(O)cc3)C2)cc1. The van der Waals surface area contributed by atoms with Gasteiger partial charge in [0.1, 0.15) is 30.0 Å². The van der Waals surface area contributed by atoms with E-state index >= 15 is 0 Å². The van der Waals surface area contributed by atoms with Crippen molar-refractivity contribution in [1.82, 2.24) is 9.62 Å². The third kappa shape index (κ3) is 6.57. The molecule has 1 atom stereocenters. The number of ether oxygens (including phenoxy) is 2. The third-order valence-corrected chi connectivity index (χ3v) is 6.84. The first kappa shape index (κ1) is 23.3. The number of nitrogens with zero attached hydrogens (tertiary/aromatic N) is 1. The van der Waals surface area contributed by atoms with Crippen LogP contribution < -0.4 is 14.8 Å². The Morgan fingerprint density at radius 2 is 1.68 bits per heavy atom. The normalized spacial score (nSPS) is 15.9. The fourth-order valence-electron chi connectivity index (χ4n) is 3.05. The largest absolute Gasteiger partial charge is 0.508 e. The Balaban J connectivity index is 1.39. The second-order valence-corrected chi connectivity index (χ2v) is 9.50. The van der Waals surface area contributed by atoms with E-state index in [0.717, 1.165) is 12.8 Å². The van der Waals surface area contributed by atoms with Crippen LogP contribution >= 0.6 is 0 Å². The van der Waals surface area contributed by atoms with Gasteiger partial charge in [0.25, 0.3) is 0 Å². The molecule has 8 nitrogen and oxygen atoms in total. The highest BCUT2D eigenvalue weighted by atomic mass is 32.2. The molecule has 1 fully saturated rings. The number of nitrogens with one attached hydrogen (secondary N) is 1. The molecule has 0 spiro atoms. The van der Waals surface area contributed by atoms with Gasteiger partial charge in [-0.05, 0) is 55.0 Å². The highest BCUT2D eigenvalue weighted by Crippen LogP contribution is 2.24. The lowest BCUT2D eigenvalue weighted by Gasteiger charge is -2.38. The number of unbranched alkanes of at least 4 members (excludes halogenated alkanes) is 1. The molecule has 0 radical (unpaired) electrons. The van der Waals surface area contributed by atoms with Gasteiger partial charge < -0.3 is 25.0 Å². The van der Waals surface area contributed by atoms with Gasteiger partial charge in [0, 0.05) is 25.7 Å². The van der Waals surface area contributed by atoms with Gasteiger partial charge in [0.15, 0.2) is 0 Å². The Labute approximate surface area is 183 Å². The molecule has 0 aliphatic carbocycles. The van der Waals surface area contributed by atoms with E-state index in [0.29, 0.717) is 37.7 Å². The van der Waals surface area contributed by atoms with Crippen molar-refractivity contribution in [2.24, 2.45) is 0 Å². The molecule has 1 saturated heterocycles. The van der Waals surface area contributed by atoms with Crippen molar-refractivity contribution in [2.45, 2.75) is 36.8 Å². The zero-order valence-electron chi connectivity index (χ0n) is 17.6. The summed E-state index contributed by atoms with van der Waals surface area (Å²) in [5.41, 5.74) is 0. The average molecular weight is 451 g/mol. The van der Waals surface area contributed by atoms with Gasteiger partial charge in [-0.3, -0.25) is 0 Å². The van der Waals surface area contributed by atoms with Crippen molar-refractivity contribution < 1.29 is 28.1 Å². The highest BCUT2D eigenvalue weighted by molar-refractivity contribution is 7.89. The number of aliphatic hydroxyl groups is 1. The van der Waals surface area contributed by atoms with Gasteiger partial charge in [-0.2, -0.15) is 4.31 Å². The predicted octanol–water partition coefficient (Wildman–Crippen LogP) is 1.97. The van der Waals surface area contributed by atoms with Gasteiger partial charge in [0.05, 0.1) is 11.5 Å². The van der Waals surface area contributed by atoms with E-state index in [4.69, 9.17) is 9.47 Å². The summed E-state index contributed by atoms with van der Waals surface area (Å²) in [7, 11) is -3.54. The fourth-order valence-corrected chi connectivity index (χ4v) is 4.58. The lowest BCUT2D eigenvalue weighted by atomic mass is 10.2. The van der Waals surface area contributed by atoms with E-state index in [2.05, 4.69) is 12.2 Å². The Hall–Kier alpha value is -2.33. The molecule has 1 aliphatic rings. The van der Waals surface area contributed by atoms with Gasteiger partial charge in [-0.15, -0.1) is 0 Å². The van der Waals surface area contributed by atoms with E-state index in [1.54, 1.807) is 36.4 Å². The summed E-state index contributed by atoms with van der Waals surface area (Å²) in [6.07, 6.45) is 1.26. The molecule has 170 valence electrons. The summed E-state index contributed by atoms with van der Waals surface area (Å²) >= 11 is 0. The van der Waals surface area contributed by atoms with Crippen molar-refractivity contribution in [1.29, 1.82) is 0 Å². The number of sulfonamides is 1. The number of aromatic hydroxyl groups is 1. The van der Waals surface area contributed by atoms with Gasteiger partial charge in [-0.1, -0.05) is 13.3 Å². The summed E-state index contributed by atoms with van der Waals surface area (Å²) in [6.45, 7) is 3.79. The molecular weight excluding hydrogens is 420 g/mol. The minimum absolute atomic E-state index is 0.0188. The standard InChI is InChI=1S/C22H30N2O6S/c1-2-3-12-29-20-8-10-22(11-9-20)31(27,28)24-14-17(15-24)23-13-19(26)16-30-21-6-4-18(25)5-7-21/h4-11,17,19,23,25-26H,2-3,12-16H2,1H3/t19-/m0/s1. The molecule has 3 N–H and O–H groups in total. The molecule has 1 aliphatic heterocycles. The minimum Gasteiger partial charge on any atom is -0.508 e. The van der Waals surface area contributed by atoms with Crippen LogP contribution in [0, 0.1) is 0 Å². The first-order valence-corrected chi connectivity index (χ1v) is 11.9. The number of aliphatic hydroxyl groups excluding tert-OH is 1. The topological polar surface area (TPSA) is 108 Å². The zero-order valence-corrected chi connectivity index (χ0v) is 18.4. The Kier molecular flexibility index (Phi) is 8.14. The van der Waals surface area contributed by atoms with Gasteiger partial charge in [-0.25, -0.2) is 8.42 Å². The van der Waals surface area contributed by atoms with Crippen molar-refractivity contribution in [3.8, 4) is 17.2 Å². The zero-order chi connectivity index (χ0) is 22.3. The molecule has 0 unspecified atom stereocenters. The van der Waals surface area contributed by atoms with Crippen LogP contribution in [0.1, 0.15) is 19.8 Å². The molecule has 3 rings (SSSR count). The Morgan fingerprint density at radius 3 is 2.32 bits per heavy atom. The maximum atomic E-state index is 12.7. The first-order chi connectivity index (χ1) is 14.9. The van der Waals surface area contributed by atoms with Crippen molar-refractivity contribution in [2.75, 3.05) is 32.8 Å². The van der Waals surface area contributed by atoms with Gasteiger partial charge >= 0.3 is 0 Å². The van der Waals surface area contributed by atoms with Crippen molar-refractivity contribution >= 4 is 10.0 Å². The molecule has 31 heavy (non-hydrogen) atoms. The number of rotatable bonds is 12. The van der Waals surface area contributed by atoms with Crippen LogP contribution in [0.25, 0.3) is 0 Å². The predicted molar refractivity (Wildman–Crippen MR) is 117 cm³/mol. The van der Waals surface area contributed by atoms with E-state index < -0.39 is 16.1 Å². The molecule has 0 saturated carbocycles. The van der Waals surface area contributed by atoms with Crippen molar-refractivity contribution in [3.63, 3.8) is 0 Å². The van der Waals surface area contributed by atoms with Gasteiger partial charge in [0.2, 0.25) is 10.0 Å². The summed E-state index contributed by atoms with van der Waals surface area (Å²) in [5, 5.41) is 22.5. The van der Waals surface area contributed by atoms with Crippen molar-refractivity contribution in [3.05, 3.63) is 48.5 Å². The van der Waals surface area contributed by atoms with Crippen LogP contribution in [0.4, 0.5) is 0 Å². The molecule has 0 bridgehead atoms. The molecular formula is C22H30N2O6S. The van der Waals surface area contributed by atoms with Crippen LogP contribution in [0.3, 0.4) is 0 Å². The number of benzene rings is 2. The van der Waals surface area contributed by atoms with E-state index in [1.807, 2.05) is 0 Å². The Bertz CT molecular complexity index is 912. The van der Waals surface area contributed by atoms with E-state index in [9.17, 15) is 18.6 Å². The quantitative estimate of drug-likeness (QED) is 0.424. The summed E-state index contributed by atoms with van der Waals surface area (Å²) in [5.74, 6) is 1.37. The van der Waals surface area contributed by atoms with E-state index in [-0.39, 0.29) is 23.3 Å². The fraction of sp³-hybridized carbons (Fsp3) is 0.455. The second-order valence-electron chi connectivity index (χ2n) is 7.56. The summed E-state index contributed by atoms with van der Waals surface area (Å²) in [4.78, 5) is 0.246. The highest BCUT2D eigenvalue weighted by Gasteiger charge is 2.36. The van der Waals surface area contributed by atoms with Crippen LogP contribution in [-0.4, -0.2) is 67.9 Å². The molecule has 1 heterocycles. The number of hydrogen-bond acceptors (Lipinski definition) is 7.